The number of para-hydroxylation sites is 1. The van der Waals surface area contributed by atoms with Crippen LogP contribution in [0.5, 0.6) is 5.75 Å². The number of hydrogen-bond donors (Lipinski definition) is 1. The molecule has 1 aliphatic rings. The lowest BCUT2D eigenvalue weighted by atomic mass is 9.95. The summed E-state index contributed by atoms with van der Waals surface area (Å²) in [5.41, 5.74) is 3.58. The van der Waals surface area contributed by atoms with Gasteiger partial charge < -0.3 is 10.1 Å². The average molecular weight is 519 g/mol. The van der Waals surface area contributed by atoms with Crippen molar-refractivity contribution in [3.05, 3.63) is 111 Å². The summed E-state index contributed by atoms with van der Waals surface area (Å²) in [4.78, 5) is 19.3. The number of rotatable bonds is 7. The van der Waals surface area contributed by atoms with Crippen molar-refractivity contribution in [3.63, 3.8) is 0 Å². The molecule has 5 rings (SSSR count). The predicted octanol–water partition coefficient (Wildman–Crippen LogP) is 8.00. The minimum Gasteiger partial charge on any atom is -0.488 e. The van der Waals surface area contributed by atoms with Gasteiger partial charge in [-0.2, -0.15) is 0 Å². The maximum absolute atomic E-state index is 14.1. The highest BCUT2D eigenvalue weighted by Gasteiger charge is 2.25. The third-order valence-corrected chi connectivity index (χ3v) is 7.48. The molecule has 1 amide bonds. The fourth-order valence-corrected chi connectivity index (χ4v) is 5.65. The van der Waals surface area contributed by atoms with Gasteiger partial charge in [-0.3, -0.25) is 4.79 Å². The lowest BCUT2D eigenvalue weighted by molar-refractivity contribution is 0.102. The number of aryl methyl sites for hydroxylation is 1. The number of carbonyl (C=O) groups excluding carboxylic acids is 1. The van der Waals surface area contributed by atoms with Crippen LogP contribution in [0.4, 0.5) is 15.1 Å². The number of amides is 1. The molecule has 1 aromatic heterocycles. The van der Waals surface area contributed by atoms with Gasteiger partial charge in [0, 0.05) is 32.9 Å². The van der Waals surface area contributed by atoms with Gasteiger partial charge in [-0.05, 0) is 67.6 Å². The molecule has 0 bridgehead atoms. The SMILES string of the molecule is O=C(Nc1ccccc1)c1c(N=Cc2cc(Cl)ccc2OCc2ccccc2F)sc2c1CCCC2. The van der Waals surface area contributed by atoms with Crippen molar-refractivity contribution < 1.29 is 13.9 Å². The van der Waals surface area contributed by atoms with Crippen molar-refractivity contribution in [2.45, 2.75) is 32.3 Å². The van der Waals surface area contributed by atoms with Crippen LogP contribution in [0.1, 0.15) is 44.8 Å². The highest BCUT2D eigenvalue weighted by Crippen LogP contribution is 2.40. The molecule has 3 aromatic carbocycles. The Morgan fingerprint density at radius 1 is 1.06 bits per heavy atom. The summed E-state index contributed by atoms with van der Waals surface area (Å²) < 4.78 is 20.0. The fraction of sp³-hybridized carbons (Fsp3) is 0.172. The van der Waals surface area contributed by atoms with Crippen LogP contribution < -0.4 is 10.1 Å². The summed E-state index contributed by atoms with van der Waals surface area (Å²) in [6, 6.07) is 21.1. The van der Waals surface area contributed by atoms with Gasteiger partial charge >= 0.3 is 0 Å². The van der Waals surface area contributed by atoms with Gasteiger partial charge in [0.2, 0.25) is 0 Å². The lowest BCUT2D eigenvalue weighted by Crippen LogP contribution is -2.14. The molecule has 36 heavy (non-hydrogen) atoms. The highest BCUT2D eigenvalue weighted by molar-refractivity contribution is 7.16. The van der Waals surface area contributed by atoms with Crippen LogP contribution in [-0.2, 0) is 19.4 Å². The number of aliphatic imine (C=N–C) groups is 1. The van der Waals surface area contributed by atoms with Crippen molar-refractivity contribution >= 4 is 45.7 Å². The number of nitrogens with zero attached hydrogens (tertiary/aromatic N) is 1. The fourth-order valence-electron chi connectivity index (χ4n) is 4.24. The van der Waals surface area contributed by atoms with Gasteiger partial charge in [0.05, 0.1) is 5.56 Å². The van der Waals surface area contributed by atoms with Gasteiger partial charge in [0.1, 0.15) is 23.2 Å². The second-order valence-corrected chi connectivity index (χ2v) is 10.1. The van der Waals surface area contributed by atoms with Crippen LogP contribution in [0, 0.1) is 5.82 Å². The number of halogens is 2. The molecule has 7 heteroatoms. The number of thiophene rings is 1. The van der Waals surface area contributed by atoms with E-state index < -0.39 is 0 Å². The van der Waals surface area contributed by atoms with Gasteiger partial charge in [0.25, 0.3) is 5.91 Å². The number of benzene rings is 3. The minimum atomic E-state index is -0.320. The standard InChI is InChI=1S/C29H24ClFN2O2S/c30-21-14-15-25(35-18-19-8-4-6-12-24(19)31)20(16-21)17-32-29-27(23-11-5-7-13-26(23)36-29)28(34)33-22-9-2-1-3-10-22/h1-4,6,8-10,12,14-17H,5,7,11,13,18H2,(H,33,34). The van der Waals surface area contributed by atoms with Crippen molar-refractivity contribution in [1.82, 2.24) is 0 Å². The molecule has 0 atom stereocenters. The number of hydrogen-bond acceptors (Lipinski definition) is 4. The molecular weight excluding hydrogens is 495 g/mol. The van der Waals surface area contributed by atoms with E-state index in [1.165, 1.54) is 10.9 Å². The number of anilines is 1. The molecule has 182 valence electrons. The van der Waals surface area contributed by atoms with E-state index in [-0.39, 0.29) is 18.3 Å². The zero-order valence-corrected chi connectivity index (χ0v) is 21.0. The monoisotopic (exact) mass is 518 g/mol. The Bertz CT molecular complexity index is 1420. The molecule has 1 heterocycles. The maximum atomic E-state index is 14.1. The van der Waals surface area contributed by atoms with E-state index in [2.05, 4.69) is 5.32 Å². The molecule has 0 radical (unpaired) electrons. The summed E-state index contributed by atoms with van der Waals surface area (Å²) in [7, 11) is 0. The van der Waals surface area contributed by atoms with Crippen molar-refractivity contribution in [1.29, 1.82) is 0 Å². The van der Waals surface area contributed by atoms with Crippen LogP contribution >= 0.6 is 22.9 Å². The van der Waals surface area contributed by atoms with E-state index in [0.717, 1.165) is 36.9 Å². The van der Waals surface area contributed by atoms with E-state index in [1.54, 1.807) is 53.9 Å². The van der Waals surface area contributed by atoms with E-state index >= 15 is 0 Å². The molecular formula is C29H24ClFN2O2S. The smallest absolute Gasteiger partial charge is 0.259 e. The number of ether oxygens (including phenoxy) is 1. The van der Waals surface area contributed by atoms with Crippen LogP contribution in [-0.4, -0.2) is 12.1 Å². The van der Waals surface area contributed by atoms with E-state index in [0.29, 0.717) is 32.5 Å². The molecule has 0 spiro atoms. The highest BCUT2D eigenvalue weighted by atomic mass is 35.5. The first-order valence-electron chi connectivity index (χ1n) is 11.8. The van der Waals surface area contributed by atoms with Gasteiger partial charge in [0.15, 0.2) is 0 Å². The van der Waals surface area contributed by atoms with E-state index in [4.69, 9.17) is 21.3 Å². The molecule has 0 saturated heterocycles. The lowest BCUT2D eigenvalue weighted by Gasteiger charge is -2.13. The van der Waals surface area contributed by atoms with Gasteiger partial charge in [-0.15, -0.1) is 11.3 Å². The Hall–Kier alpha value is -3.48. The maximum Gasteiger partial charge on any atom is 0.259 e. The molecule has 1 aliphatic carbocycles. The van der Waals surface area contributed by atoms with Crippen LogP contribution in [0.25, 0.3) is 0 Å². The first kappa shape index (κ1) is 24.2. The molecule has 0 fully saturated rings. The van der Waals surface area contributed by atoms with Crippen LogP contribution in [0.3, 0.4) is 0 Å². The molecule has 0 saturated carbocycles. The van der Waals surface area contributed by atoms with E-state index in [1.807, 2.05) is 30.3 Å². The summed E-state index contributed by atoms with van der Waals surface area (Å²) in [6.07, 6.45) is 5.65. The Morgan fingerprint density at radius 2 is 1.83 bits per heavy atom. The largest absolute Gasteiger partial charge is 0.488 e. The van der Waals surface area contributed by atoms with Gasteiger partial charge in [-0.25, -0.2) is 9.38 Å². The quantitative estimate of drug-likeness (QED) is 0.252. The molecule has 1 N–H and O–H groups in total. The van der Waals surface area contributed by atoms with Crippen LogP contribution in [0.2, 0.25) is 5.02 Å². The van der Waals surface area contributed by atoms with E-state index in [9.17, 15) is 9.18 Å². The number of nitrogens with one attached hydrogen (secondary N) is 1. The van der Waals surface area contributed by atoms with Crippen molar-refractivity contribution in [3.8, 4) is 5.75 Å². The Morgan fingerprint density at radius 3 is 2.67 bits per heavy atom. The molecule has 0 unspecified atom stereocenters. The third kappa shape index (κ3) is 5.50. The minimum absolute atomic E-state index is 0.0766. The van der Waals surface area contributed by atoms with Crippen molar-refractivity contribution in [2.75, 3.05) is 5.32 Å². The van der Waals surface area contributed by atoms with Crippen molar-refractivity contribution in [2.24, 2.45) is 4.99 Å². The Kier molecular flexibility index (Phi) is 7.44. The number of carbonyl (C=O) groups is 1. The zero-order valence-electron chi connectivity index (χ0n) is 19.5. The number of fused-ring (bicyclic) bond motifs is 1. The third-order valence-electron chi connectivity index (χ3n) is 6.05. The molecule has 4 nitrogen and oxygen atoms in total. The average Bonchev–Trinajstić information content (AvgIpc) is 3.27. The first-order valence-corrected chi connectivity index (χ1v) is 13.0. The first-order chi connectivity index (χ1) is 17.6. The molecule has 0 aliphatic heterocycles. The second kappa shape index (κ2) is 11.1. The summed E-state index contributed by atoms with van der Waals surface area (Å²) in [6.45, 7) is 0.0766. The topological polar surface area (TPSA) is 50.7 Å². The zero-order chi connectivity index (χ0) is 24.9. The molecule has 4 aromatic rings. The van der Waals surface area contributed by atoms with Crippen LogP contribution in [0.15, 0.2) is 77.8 Å². The Labute approximate surface area is 218 Å². The summed E-state index contributed by atoms with van der Waals surface area (Å²) in [5, 5.41) is 4.20. The second-order valence-electron chi connectivity index (χ2n) is 8.53. The normalized spacial score (nSPS) is 12.9. The van der Waals surface area contributed by atoms with Gasteiger partial charge in [-0.1, -0.05) is 48.0 Å². The Balaban J connectivity index is 1.44. The predicted molar refractivity (Wildman–Crippen MR) is 145 cm³/mol. The summed E-state index contributed by atoms with van der Waals surface area (Å²) in [5.74, 6) is 0.0535. The summed E-state index contributed by atoms with van der Waals surface area (Å²) >= 11 is 7.82.